The zero-order chi connectivity index (χ0) is 24.8. The highest BCUT2D eigenvalue weighted by molar-refractivity contribution is 5.07. The van der Waals surface area contributed by atoms with Crippen LogP contribution in [0, 0.1) is 0 Å². The van der Waals surface area contributed by atoms with Crippen LogP contribution in [-0.2, 0) is 26.2 Å². The molecule has 4 aromatic heterocycles. The first-order valence-corrected chi connectivity index (χ1v) is 12.5. The van der Waals surface area contributed by atoms with Gasteiger partial charge in [-0.2, -0.15) is 0 Å². The summed E-state index contributed by atoms with van der Waals surface area (Å²) < 4.78 is 0. The van der Waals surface area contributed by atoms with Crippen LogP contribution in [0.5, 0.6) is 0 Å². The smallest absolute Gasteiger partial charge is 0.0564 e. The van der Waals surface area contributed by atoms with E-state index in [1.54, 1.807) is 0 Å². The van der Waals surface area contributed by atoms with Gasteiger partial charge in [-0.05, 0) is 61.4 Å². The van der Waals surface area contributed by atoms with Gasteiger partial charge in [0.05, 0.1) is 28.9 Å². The van der Waals surface area contributed by atoms with Crippen molar-refractivity contribution < 1.29 is 5.11 Å². The van der Waals surface area contributed by atoms with Crippen LogP contribution in [0.3, 0.4) is 0 Å². The zero-order valence-corrected chi connectivity index (χ0v) is 20.6. The average molecular weight is 483 g/mol. The second kappa shape index (κ2) is 14.1. The molecule has 4 rings (SSSR count). The van der Waals surface area contributed by atoms with Gasteiger partial charge in [0, 0.05) is 64.1 Å². The maximum atomic E-state index is 10.9. The first kappa shape index (κ1) is 25.6. The first-order valence-electron chi connectivity index (χ1n) is 12.5. The van der Waals surface area contributed by atoms with E-state index in [2.05, 4.69) is 29.7 Å². The topological polar surface area (TPSA) is 78.3 Å². The fourth-order valence-electron chi connectivity index (χ4n) is 4.12. The van der Waals surface area contributed by atoms with Gasteiger partial charge < -0.3 is 5.11 Å². The number of aliphatic hydroxyl groups is 1. The third kappa shape index (κ3) is 8.92. The van der Waals surface area contributed by atoms with E-state index in [0.717, 1.165) is 62.0 Å². The molecular formula is C29H34N6O. The van der Waals surface area contributed by atoms with E-state index in [4.69, 9.17) is 0 Å². The largest absolute Gasteiger partial charge is 0.393 e. The van der Waals surface area contributed by atoms with Crippen molar-refractivity contribution in [1.29, 1.82) is 0 Å². The van der Waals surface area contributed by atoms with Gasteiger partial charge in [0.15, 0.2) is 0 Å². The van der Waals surface area contributed by atoms with E-state index in [1.807, 2.05) is 97.6 Å². The van der Waals surface area contributed by atoms with E-state index >= 15 is 0 Å². The van der Waals surface area contributed by atoms with Crippen LogP contribution < -0.4 is 0 Å². The van der Waals surface area contributed by atoms with E-state index in [-0.39, 0.29) is 0 Å². The van der Waals surface area contributed by atoms with Crippen LogP contribution in [0.4, 0.5) is 0 Å². The second-order valence-electron chi connectivity index (χ2n) is 8.94. The van der Waals surface area contributed by atoms with Crippen molar-refractivity contribution in [1.82, 2.24) is 29.7 Å². The molecule has 4 aromatic rings. The quantitative estimate of drug-likeness (QED) is 0.290. The average Bonchev–Trinajstić information content (AvgIpc) is 2.93. The van der Waals surface area contributed by atoms with Crippen molar-refractivity contribution in [3.8, 4) is 0 Å². The Morgan fingerprint density at radius 1 is 0.500 bits per heavy atom. The summed E-state index contributed by atoms with van der Waals surface area (Å²) in [7, 11) is 0. The molecule has 0 atom stereocenters. The molecule has 7 nitrogen and oxygen atoms in total. The van der Waals surface area contributed by atoms with Gasteiger partial charge in [0.25, 0.3) is 0 Å². The molecule has 0 amide bonds. The number of hydrogen-bond donors (Lipinski definition) is 1. The summed E-state index contributed by atoms with van der Waals surface area (Å²) in [5, 5.41) is 10.9. The molecule has 186 valence electrons. The van der Waals surface area contributed by atoms with Gasteiger partial charge in [-0.15, -0.1) is 0 Å². The number of aliphatic hydroxyl groups excluding tert-OH is 1. The molecule has 1 N–H and O–H groups in total. The lowest BCUT2D eigenvalue weighted by molar-refractivity contribution is 0.108. The van der Waals surface area contributed by atoms with Crippen molar-refractivity contribution in [2.45, 2.75) is 45.1 Å². The molecule has 0 aliphatic heterocycles. The minimum atomic E-state index is -0.407. The summed E-state index contributed by atoms with van der Waals surface area (Å²) >= 11 is 0. The van der Waals surface area contributed by atoms with Gasteiger partial charge in [0.2, 0.25) is 0 Å². The zero-order valence-electron chi connectivity index (χ0n) is 20.6. The maximum Gasteiger partial charge on any atom is 0.0564 e. The molecular weight excluding hydrogens is 448 g/mol. The summed E-state index contributed by atoms with van der Waals surface area (Å²) in [6.45, 7) is 4.39. The Bertz CT molecular complexity index is 942. The normalized spacial score (nSPS) is 11.4. The van der Waals surface area contributed by atoms with E-state index < -0.39 is 6.10 Å². The van der Waals surface area contributed by atoms with Gasteiger partial charge >= 0.3 is 0 Å². The Kier molecular flexibility index (Phi) is 10.0. The second-order valence-corrected chi connectivity index (χ2v) is 8.94. The Morgan fingerprint density at radius 2 is 0.806 bits per heavy atom. The minimum absolute atomic E-state index is 0.407. The Labute approximate surface area is 213 Å². The molecule has 0 aliphatic carbocycles. The number of hydrogen-bond acceptors (Lipinski definition) is 7. The fraction of sp³-hybridized carbons (Fsp3) is 0.310. The number of aromatic nitrogens is 4. The molecule has 0 saturated carbocycles. The minimum Gasteiger partial charge on any atom is -0.393 e. The van der Waals surface area contributed by atoms with Crippen LogP contribution in [0.25, 0.3) is 0 Å². The Balaban J connectivity index is 1.33. The van der Waals surface area contributed by atoms with E-state index in [0.29, 0.717) is 12.8 Å². The number of pyridine rings is 4. The highest BCUT2D eigenvalue weighted by atomic mass is 16.3. The number of rotatable bonds is 14. The summed E-state index contributed by atoms with van der Waals surface area (Å²) in [6, 6.07) is 23.9. The summed E-state index contributed by atoms with van der Waals surface area (Å²) in [5.41, 5.74) is 4.05. The van der Waals surface area contributed by atoms with Gasteiger partial charge in [-0.25, -0.2) is 0 Å². The molecule has 0 fully saturated rings. The van der Waals surface area contributed by atoms with Crippen LogP contribution in [0.15, 0.2) is 97.6 Å². The lowest BCUT2D eigenvalue weighted by Crippen LogP contribution is -2.30. The molecule has 36 heavy (non-hydrogen) atoms. The van der Waals surface area contributed by atoms with Crippen LogP contribution in [0.2, 0.25) is 0 Å². The molecule has 0 aliphatic rings. The number of nitrogens with zero attached hydrogens (tertiary/aromatic N) is 6. The molecule has 0 spiro atoms. The molecule has 0 aromatic carbocycles. The van der Waals surface area contributed by atoms with Crippen molar-refractivity contribution >= 4 is 0 Å². The van der Waals surface area contributed by atoms with Crippen molar-refractivity contribution in [3.05, 3.63) is 120 Å². The Hall–Kier alpha value is -3.52. The summed E-state index contributed by atoms with van der Waals surface area (Å²) in [5.74, 6) is 0. The van der Waals surface area contributed by atoms with Crippen molar-refractivity contribution in [2.75, 3.05) is 13.1 Å². The monoisotopic (exact) mass is 482 g/mol. The highest BCUT2D eigenvalue weighted by Crippen LogP contribution is 2.12. The van der Waals surface area contributed by atoms with Gasteiger partial charge in [-0.1, -0.05) is 24.3 Å². The van der Waals surface area contributed by atoms with E-state index in [9.17, 15) is 5.11 Å². The van der Waals surface area contributed by atoms with Crippen molar-refractivity contribution in [2.24, 2.45) is 0 Å². The Morgan fingerprint density at radius 3 is 1.06 bits per heavy atom. The highest BCUT2D eigenvalue weighted by Gasteiger charge is 2.15. The third-order valence-electron chi connectivity index (χ3n) is 6.00. The third-order valence-corrected chi connectivity index (χ3v) is 6.00. The molecule has 0 unspecified atom stereocenters. The first-order chi connectivity index (χ1) is 17.7. The summed E-state index contributed by atoms with van der Waals surface area (Å²) in [6.07, 6.45) is 8.24. The van der Waals surface area contributed by atoms with Crippen LogP contribution >= 0.6 is 0 Å². The summed E-state index contributed by atoms with van der Waals surface area (Å²) in [4.78, 5) is 22.5. The molecule has 0 saturated heterocycles. The maximum absolute atomic E-state index is 10.9. The van der Waals surface area contributed by atoms with Crippen LogP contribution in [-0.4, -0.2) is 54.0 Å². The molecule has 0 radical (unpaired) electrons. The lowest BCUT2D eigenvalue weighted by atomic mass is 10.1. The van der Waals surface area contributed by atoms with Crippen molar-refractivity contribution in [3.63, 3.8) is 0 Å². The predicted octanol–water partition coefficient (Wildman–Crippen LogP) is 4.11. The molecule has 0 bridgehead atoms. The van der Waals surface area contributed by atoms with Gasteiger partial charge in [0.1, 0.15) is 0 Å². The molecule has 7 heteroatoms. The van der Waals surface area contributed by atoms with Gasteiger partial charge in [-0.3, -0.25) is 29.7 Å². The SMILES string of the molecule is OC(CCN(Cc1ccccn1)Cc1ccccn1)CCN(Cc1ccccn1)Cc1ccccn1. The van der Waals surface area contributed by atoms with E-state index in [1.165, 1.54) is 0 Å². The lowest BCUT2D eigenvalue weighted by Gasteiger charge is -2.25. The predicted molar refractivity (Wildman–Crippen MR) is 140 cm³/mol. The van der Waals surface area contributed by atoms with Crippen LogP contribution in [0.1, 0.15) is 35.6 Å². The standard InChI is InChI=1S/C29H34N6O/c36-29(13-19-34(21-25-9-1-5-15-30-25)22-26-10-2-6-16-31-26)14-20-35(23-27-11-3-7-17-32-27)24-28-12-4-8-18-33-28/h1-12,15-18,29,36H,13-14,19-24H2. The molecule has 4 heterocycles. The fourth-order valence-corrected chi connectivity index (χ4v) is 4.12.